The monoisotopic (exact) mass is 357 g/mol. The predicted octanol–water partition coefficient (Wildman–Crippen LogP) is 2.01. The number of aryl methyl sites for hydroxylation is 2. The highest BCUT2D eigenvalue weighted by atomic mass is 16.5. The van der Waals surface area contributed by atoms with E-state index < -0.39 is 5.60 Å². The van der Waals surface area contributed by atoms with Gasteiger partial charge in [-0.05, 0) is 38.8 Å². The van der Waals surface area contributed by atoms with E-state index in [1.54, 1.807) is 9.58 Å². The van der Waals surface area contributed by atoms with Crippen LogP contribution in [-0.4, -0.2) is 51.0 Å². The van der Waals surface area contributed by atoms with Crippen LogP contribution in [0.25, 0.3) is 0 Å². The van der Waals surface area contributed by atoms with Crippen molar-refractivity contribution in [1.29, 1.82) is 0 Å². The molecule has 1 saturated heterocycles. The number of rotatable bonds is 5. The summed E-state index contributed by atoms with van der Waals surface area (Å²) in [6, 6.07) is 9.44. The molecule has 1 fully saturated rings. The summed E-state index contributed by atoms with van der Waals surface area (Å²) in [5, 5.41) is 15.3. The van der Waals surface area contributed by atoms with Crippen LogP contribution in [0, 0.1) is 13.8 Å². The van der Waals surface area contributed by atoms with Crippen molar-refractivity contribution in [2.24, 2.45) is 7.05 Å². The lowest BCUT2D eigenvalue weighted by Gasteiger charge is -2.39. The Labute approximate surface area is 154 Å². The van der Waals surface area contributed by atoms with Crippen LogP contribution in [0.4, 0.5) is 0 Å². The first kappa shape index (κ1) is 18.5. The van der Waals surface area contributed by atoms with E-state index in [2.05, 4.69) is 5.10 Å². The number of piperidine rings is 1. The molecular weight excluding hydrogens is 330 g/mol. The van der Waals surface area contributed by atoms with Gasteiger partial charge >= 0.3 is 0 Å². The number of β-amino-alcohol motifs (C(OH)–C–C–N with tert-alkyl or cyclic N) is 1. The number of aliphatic hydroxyl groups is 1. The molecule has 0 radical (unpaired) electrons. The molecule has 1 amide bonds. The van der Waals surface area contributed by atoms with Crippen LogP contribution in [0.2, 0.25) is 0 Å². The molecule has 0 aliphatic carbocycles. The lowest BCUT2D eigenvalue weighted by molar-refractivity contribution is -0.139. The minimum Gasteiger partial charge on any atom is -0.491 e. The van der Waals surface area contributed by atoms with Gasteiger partial charge in [0.05, 0.1) is 18.7 Å². The number of likely N-dealkylation sites (tertiary alicyclic amines) is 1. The molecule has 6 nitrogen and oxygen atoms in total. The van der Waals surface area contributed by atoms with Crippen molar-refractivity contribution in [3.05, 3.63) is 47.3 Å². The molecule has 26 heavy (non-hydrogen) atoms. The summed E-state index contributed by atoms with van der Waals surface area (Å²) in [6.45, 7) is 5.06. The molecule has 3 rings (SSSR count). The Morgan fingerprint density at radius 1 is 1.31 bits per heavy atom. The van der Waals surface area contributed by atoms with Crippen molar-refractivity contribution in [1.82, 2.24) is 14.7 Å². The van der Waals surface area contributed by atoms with E-state index in [1.165, 1.54) is 0 Å². The van der Waals surface area contributed by atoms with Gasteiger partial charge < -0.3 is 14.7 Å². The maximum Gasteiger partial charge on any atom is 0.227 e. The number of aromatic nitrogens is 2. The second kappa shape index (κ2) is 7.50. The summed E-state index contributed by atoms with van der Waals surface area (Å²) < 4.78 is 7.54. The lowest BCUT2D eigenvalue weighted by atomic mass is 9.93. The molecule has 2 aromatic rings. The smallest absolute Gasteiger partial charge is 0.227 e. The zero-order chi connectivity index (χ0) is 18.7. The molecule has 0 saturated carbocycles. The fourth-order valence-corrected chi connectivity index (χ4v) is 3.51. The van der Waals surface area contributed by atoms with E-state index in [0.29, 0.717) is 25.9 Å². The number of hydrogen-bond acceptors (Lipinski definition) is 4. The van der Waals surface area contributed by atoms with E-state index >= 15 is 0 Å². The van der Waals surface area contributed by atoms with Crippen LogP contribution in [0.3, 0.4) is 0 Å². The van der Waals surface area contributed by atoms with E-state index in [0.717, 1.165) is 29.1 Å². The molecule has 1 atom stereocenters. The SMILES string of the molecule is Cc1nn(C)c(C)c1CC(=O)N1CCC[C@@](O)(COc2ccccc2)C1. The van der Waals surface area contributed by atoms with Gasteiger partial charge in [0.25, 0.3) is 0 Å². The van der Waals surface area contributed by atoms with Gasteiger partial charge in [-0.1, -0.05) is 18.2 Å². The summed E-state index contributed by atoms with van der Waals surface area (Å²) in [5.41, 5.74) is 1.86. The van der Waals surface area contributed by atoms with Crippen LogP contribution >= 0.6 is 0 Å². The molecule has 1 aromatic heterocycles. The van der Waals surface area contributed by atoms with Gasteiger partial charge in [0, 0.05) is 24.8 Å². The molecule has 6 heteroatoms. The van der Waals surface area contributed by atoms with E-state index in [9.17, 15) is 9.90 Å². The first-order chi connectivity index (χ1) is 12.4. The Morgan fingerprint density at radius 3 is 2.69 bits per heavy atom. The Balaban J connectivity index is 1.62. The minimum atomic E-state index is -1.01. The number of nitrogens with zero attached hydrogens (tertiary/aromatic N) is 3. The highest BCUT2D eigenvalue weighted by molar-refractivity contribution is 5.79. The van der Waals surface area contributed by atoms with Crippen LogP contribution in [0.5, 0.6) is 5.75 Å². The number of hydrogen-bond donors (Lipinski definition) is 1. The summed E-state index contributed by atoms with van der Waals surface area (Å²) >= 11 is 0. The predicted molar refractivity (Wildman–Crippen MR) is 99.1 cm³/mol. The van der Waals surface area contributed by atoms with Crippen LogP contribution < -0.4 is 4.74 Å². The second-order valence-electron chi connectivity index (χ2n) is 7.19. The van der Waals surface area contributed by atoms with Crippen molar-refractivity contribution in [2.75, 3.05) is 19.7 Å². The van der Waals surface area contributed by atoms with E-state index in [-0.39, 0.29) is 12.5 Å². The number of benzene rings is 1. The molecule has 140 valence electrons. The third-order valence-electron chi connectivity index (χ3n) is 5.15. The van der Waals surface area contributed by atoms with Crippen molar-refractivity contribution in [2.45, 2.75) is 38.7 Å². The summed E-state index contributed by atoms with van der Waals surface area (Å²) in [5.74, 6) is 0.757. The second-order valence-corrected chi connectivity index (χ2v) is 7.19. The number of carbonyl (C=O) groups excluding carboxylic acids is 1. The highest BCUT2D eigenvalue weighted by Crippen LogP contribution is 2.24. The third kappa shape index (κ3) is 4.07. The average Bonchev–Trinajstić information content (AvgIpc) is 2.87. The Kier molecular flexibility index (Phi) is 5.32. The molecule has 1 aliphatic rings. The molecule has 0 bridgehead atoms. The maximum atomic E-state index is 12.8. The van der Waals surface area contributed by atoms with E-state index in [4.69, 9.17) is 4.74 Å². The number of ether oxygens (including phenoxy) is 1. The summed E-state index contributed by atoms with van der Waals surface area (Å²) in [4.78, 5) is 14.5. The van der Waals surface area contributed by atoms with Crippen molar-refractivity contribution < 1.29 is 14.6 Å². The van der Waals surface area contributed by atoms with Crippen molar-refractivity contribution >= 4 is 5.91 Å². The number of para-hydroxylation sites is 1. The largest absolute Gasteiger partial charge is 0.491 e. The zero-order valence-electron chi connectivity index (χ0n) is 15.7. The van der Waals surface area contributed by atoms with Gasteiger partial charge in [0.1, 0.15) is 18.0 Å². The molecule has 1 N–H and O–H groups in total. The standard InChI is InChI=1S/C20H27N3O3/c1-15-18(16(2)22(3)21-15)12-19(24)23-11-7-10-20(25,13-23)14-26-17-8-5-4-6-9-17/h4-6,8-9,25H,7,10-14H2,1-3H3/t20-/m0/s1. The van der Waals surface area contributed by atoms with Gasteiger partial charge in [-0.3, -0.25) is 9.48 Å². The van der Waals surface area contributed by atoms with Gasteiger partial charge in [-0.25, -0.2) is 0 Å². The minimum absolute atomic E-state index is 0.0297. The summed E-state index contributed by atoms with van der Waals surface area (Å²) in [6.07, 6.45) is 1.72. The molecular formula is C20H27N3O3. The quantitative estimate of drug-likeness (QED) is 0.889. The highest BCUT2D eigenvalue weighted by Gasteiger charge is 2.36. The van der Waals surface area contributed by atoms with Crippen LogP contribution in [0.1, 0.15) is 29.8 Å². The van der Waals surface area contributed by atoms with E-state index in [1.807, 2.05) is 51.2 Å². The van der Waals surface area contributed by atoms with Gasteiger partial charge in [-0.2, -0.15) is 5.10 Å². The first-order valence-electron chi connectivity index (χ1n) is 9.05. The van der Waals surface area contributed by atoms with Crippen molar-refractivity contribution in [3.63, 3.8) is 0 Å². The lowest BCUT2D eigenvalue weighted by Crippen LogP contribution is -2.53. The average molecular weight is 357 g/mol. The molecule has 2 heterocycles. The zero-order valence-corrected chi connectivity index (χ0v) is 15.7. The van der Waals surface area contributed by atoms with Crippen LogP contribution in [0.15, 0.2) is 30.3 Å². The van der Waals surface area contributed by atoms with Crippen molar-refractivity contribution in [3.8, 4) is 5.75 Å². The Hall–Kier alpha value is -2.34. The third-order valence-corrected chi connectivity index (χ3v) is 5.15. The maximum absolute atomic E-state index is 12.8. The topological polar surface area (TPSA) is 67.6 Å². The fraction of sp³-hybridized carbons (Fsp3) is 0.500. The number of amides is 1. The number of carbonyl (C=O) groups is 1. The van der Waals surface area contributed by atoms with Gasteiger partial charge in [0.15, 0.2) is 0 Å². The molecule has 1 aromatic carbocycles. The first-order valence-corrected chi connectivity index (χ1v) is 9.05. The van der Waals surface area contributed by atoms with Gasteiger partial charge in [0.2, 0.25) is 5.91 Å². The summed E-state index contributed by atoms with van der Waals surface area (Å²) in [7, 11) is 1.89. The Morgan fingerprint density at radius 2 is 2.04 bits per heavy atom. The molecule has 1 aliphatic heterocycles. The normalized spacial score (nSPS) is 20.2. The van der Waals surface area contributed by atoms with Gasteiger partial charge in [-0.15, -0.1) is 0 Å². The molecule has 0 spiro atoms. The molecule has 0 unspecified atom stereocenters. The Bertz CT molecular complexity index is 772. The van der Waals surface area contributed by atoms with Crippen LogP contribution in [-0.2, 0) is 18.3 Å². The fourth-order valence-electron chi connectivity index (χ4n) is 3.51.